The van der Waals surface area contributed by atoms with Gasteiger partial charge in [0.1, 0.15) is 6.04 Å². The van der Waals surface area contributed by atoms with E-state index >= 15 is 0 Å². The molecule has 0 radical (unpaired) electrons. The second-order valence-electron chi connectivity index (χ2n) is 8.24. The lowest BCUT2D eigenvalue weighted by Gasteiger charge is -2.44. The highest BCUT2D eigenvalue weighted by Gasteiger charge is 2.37. The Bertz CT molecular complexity index is 780. The van der Waals surface area contributed by atoms with Crippen molar-refractivity contribution >= 4 is 0 Å². The maximum Gasteiger partial charge on any atom is 0.160 e. The zero-order valence-corrected chi connectivity index (χ0v) is 17.0. The molecule has 0 fully saturated rings. The standard InChI is InChI=1S/C23H32NO2/c1-16(2)19-9-7-8-18-12-13-24(3,4)20(23(18)19)14-17-10-11-21(25-5)22(15-17)26-6/h7-11,15-16,20H,12-14H2,1-6H3/q+1. The highest BCUT2D eigenvalue weighted by atomic mass is 16.5. The zero-order valence-electron chi connectivity index (χ0n) is 17.0. The minimum Gasteiger partial charge on any atom is -0.493 e. The predicted molar refractivity (Wildman–Crippen MR) is 107 cm³/mol. The van der Waals surface area contributed by atoms with Gasteiger partial charge in [-0.05, 0) is 34.7 Å². The van der Waals surface area contributed by atoms with Gasteiger partial charge in [-0.25, -0.2) is 0 Å². The van der Waals surface area contributed by atoms with Crippen molar-refractivity contribution in [2.75, 3.05) is 34.9 Å². The van der Waals surface area contributed by atoms with E-state index < -0.39 is 0 Å². The fraction of sp³-hybridized carbons (Fsp3) is 0.478. The number of nitrogens with zero attached hydrogens (tertiary/aromatic N) is 1. The lowest BCUT2D eigenvalue weighted by atomic mass is 9.81. The largest absolute Gasteiger partial charge is 0.493 e. The van der Waals surface area contributed by atoms with Crippen molar-refractivity contribution in [3.05, 3.63) is 58.7 Å². The van der Waals surface area contributed by atoms with Crippen LogP contribution in [0, 0.1) is 0 Å². The maximum atomic E-state index is 5.52. The van der Waals surface area contributed by atoms with Crippen molar-refractivity contribution in [1.82, 2.24) is 0 Å². The van der Waals surface area contributed by atoms with Gasteiger partial charge in [0.05, 0.1) is 34.9 Å². The lowest BCUT2D eigenvalue weighted by Crippen LogP contribution is -2.49. The van der Waals surface area contributed by atoms with E-state index in [0.29, 0.717) is 12.0 Å². The first-order chi connectivity index (χ1) is 12.4. The van der Waals surface area contributed by atoms with Crippen LogP contribution in [0.25, 0.3) is 0 Å². The monoisotopic (exact) mass is 354 g/mol. The van der Waals surface area contributed by atoms with E-state index in [1.807, 2.05) is 6.07 Å². The molecule has 3 rings (SSSR count). The number of rotatable bonds is 5. The molecule has 1 unspecified atom stereocenters. The highest BCUT2D eigenvalue weighted by molar-refractivity contribution is 5.45. The molecule has 1 aliphatic heterocycles. The van der Waals surface area contributed by atoms with Crippen LogP contribution in [0.1, 0.15) is 48.1 Å². The van der Waals surface area contributed by atoms with E-state index in [1.165, 1.54) is 23.2 Å². The first kappa shape index (κ1) is 18.8. The second kappa shape index (κ2) is 7.32. The van der Waals surface area contributed by atoms with Gasteiger partial charge in [-0.1, -0.05) is 38.1 Å². The van der Waals surface area contributed by atoms with Gasteiger partial charge >= 0.3 is 0 Å². The molecule has 2 aromatic carbocycles. The highest BCUT2D eigenvalue weighted by Crippen LogP contribution is 2.41. The van der Waals surface area contributed by atoms with Crippen molar-refractivity contribution in [3.63, 3.8) is 0 Å². The summed E-state index contributed by atoms with van der Waals surface area (Å²) in [5, 5.41) is 0. The Labute approximate surface area is 158 Å². The summed E-state index contributed by atoms with van der Waals surface area (Å²) in [5.74, 6) is 2.14. The molecule has 3 nitrogen and oxygen atoms in total. The number of hydrogen-bond acceptors (Lipinski definition) is 2. The van der Waals surface area contributed by atoms with Crippen LogP contribution in [0.4, 0.5) is 0 Å². The summed E-state index contributed by atoms with van der Waals surface area (Å²) in [6.45, 7) is 5.78. The van der Waals surface area contributed by atoms with E-state index in [9.17, 15) is 0 Å². The summed E-state index contributed by atoms with van der Waals surface area (Å²) in [4.78, 5) is 0. The molecule has 1 heterocycles. The van der Waals surface area contributed by atoms with Crippen molar-refractivity contribution in [1.29, 1.82) is 0 Å². The third-order valence-electron chi connectivity index (χ3n) is 5.86. The molecule has 0 amide bonds. The number of quaternary nitrogens is 1. The van der Waals surface area contributed by atoms with Crippen molar-refractivity contribution in [2.24, 2.45) is 0 Å². The molecule has 2 aromatic rings. The smallest absolute Gasteiger partial charge is 0.160 e. The fourth-order valence-corrected chi connectivity index (χ4v) is 4.25. The minimum atomic E-state index is 0.454. The van der Waals surface area contributed by atoms with Crippen LogP contribution in [-0.2, 0) is 12.8 Å². The lowest BCUT2D eigenvalue weighted by molar-refractivity contribution is -0.923. The number of ether oxygens (including phenoxy) is 2. The normalized spacial score (nSPS) is 18.5. The Hall–Kier alpha value is -2.00. The summed E-state index contributed by atoms with van der Waals surface area (Å²) >= 11 is 0. The zero-order chi connectivity index (χ0) is 18.9. The van der Waals surface area contributed by atoms with Gasteiger partial charge < -0.3 is 14.0 Å². The molecule has 0 saturated heterocycles. The van der Waals surface area contributed by atoms with Crippen LogP contribution in [-0.4, -0.2) is 39.3 Å². The van der Waals surface area contributed by atoms with E-state index in [4.69, 9.17) is 9.47 Å². The molecule has 0 saturated carbocycles. The Morgan fingerprint density at radius 2 is 1.77 bits per heavy atom. The summed E-state index contributed by atoms with van der Waals surface area (Å²) in [5.41, 5.74) is 5.89. The fourth-order valence-electron chi connectivity index (χ4n) is 4.25. The Morgan fingerprint density at radius 1 is 1.04 bits per heavy atom. The van der Waals surface area contributed by atoms with Gasteiger partial charge in [0, 0.05) is 18.4 Å². The molecule has 26 heavy (non-hydrogen) atoms. The van der Waals surface area contributed by atoms with E-state index in [-0.39, 0.29) is 0 Å². The summed E-state index contributed by atoms with van der Waals surface area (Å²) in [6, 6.07) is 13.6. The number of likely N-dealkylation sites (N-methyl/N-ethyl adjacent to an activating group) is 1. The van der Waals surface area contributed by atoms with Crippen LogP contribution < -0.4 is 9.47 Å². The third kappa shape index (κ3) is 3.45. The third-order valence-corrected chi connectivity index (χ3v) is 5.86. The van der Waals surface area contributed by atoms with Gasteiger partial charge in [0.15, 0.2) is 11.5 Å². The predicted octanol–water partition coefficient (Wildman–Crippen LogP) is 4.74. The average Bonchev–Trinajstić information content (AvgIpc) is 2.63. The molecule has 0 spiro atoms. The topological polar surface area (TPSA) is 18.5 Å². The summed E-state index contributed by atoms with van der Waals surface area (Å²) < 4.78 is 11.9. The Balaban J connectivity index is 2.04. The number of methoxy groups -OCH3 is 2. The van der Waals surface area contributed by atoms with Crippen LogP contribution in [0.15, 0.2) is 36.4 Å². The van der Waals surface area contributed by atoms with Crippen LogP contribution in [0.2, 0.25) is 0 Å². The first-order valence-electron chi connectivity index (χ1n) is 9.52. The quantitative estimate of drug-likeness (QED) is 0.722. The maximum absolute atomic E-state index is 5.52. The van der Waals surface area contributed by atoms with E-state index in [2.05, 4.69) is 58.3 Å². The molecular formula is C23H32NO2+. The summed E-state index contributed by atoms with van der Waals surface area (Å²) in [7, 11) is 8.12. The SMILES string of the molecule is COc1ccc(CC2c3c(cccc3C(C)C)CC[N+]2(C)C)cc1OC. The first-order valence-corrected chi connectivity index (χ1v) is 9.52. The Kier molecular flexibility index (Phi) is 5.29. The van der Waals surface area contributed by atoms with Crippen LogP contribution in [0.3, 0.4) is 0 Å². The van der Waals surface area contributed by atoms with Crippen molar-refractivity contribution in [3.8, 4) is 11.5 Å². The molecule has 140 valence electrons. The van der Waals surface area contributed by atoms with Gasteiger partial charge in [-0.2, -0.15) is 0 Å². The van der Waals surface area contributed by atoms with Gasteiger partial charge in [0.25, 0.3) is 0 Å². The summed E-state index contributed by atoms with van der Waals surface area (Å²) in [6.07, 6.45) is 2.16. The molecule has 0 bridgehead atoms. The molecule has 0 aromatic heterocycles. The molecule has 0 aliphatic carbocycles. The molecule has 1 atom stereocenters. The van der Waals surface area contributed by atoms with Gasteiger partial charge in [-0.15, -0.1) is 0 Å². The van der Waals surface area contributed by atoms with E-state index in [1.54, 1.807) is 19.8 Å². The molecule has 1 aliphatic rings. The van der Waals surface area contributed by atoms with Crippen molar-refractivity contribution in [2.45, 2.75) is 38.6 Å². The van der Waals surface area contributed by atoms with Gasteiger partial charge in [0.2, 0.25) is 0 Å². The van der Waals surface area contributed by atoms with Gasteiger partial charge in [-0.3, -0.25) is 0 Å². The number of fused-ring (bicyclic) bond motifs is 1. The Morgan fingerprint density at radius 3 is 2.42 bits per heavy atom. The van der Waals surface area contributed by atoms with E-state index in [0.717, 1.165) is 28.8 Å². The van der Waals surface area contributed by atoms with Crippen LogP contribution >= 0.6 is 0 Å². The molecule has 0 N–H and O–H groups in total. The van der Waals surface area contributed by atoms with Crippen LogP contribution in [0.5, 0.6) is 11.5 Å². The number of benzene rings is 2. The molecule has 3 heteroatoms. The minimum absolute atomic E-state index is 0.454. The molecular weight excluding hydrogens is 322 g/mol. The number of hydrogen-bond donors (Lipinski definition) is 0. The second-order valence-corrected chi connectivity index (χ2v) is 8.24. The average molecular weight is 355 g/mol. The van der Waals surface area contributed by atoms with Crippen molar-refractivity contribution < 1.29 is 14.0 Å².